The van der Waals surface area contributed by atoms with E-state index in [4.69, 9.17) is 5.26 Å². The zero-order valence-electron chi connectivity index (χ0n) is 14.4. The van der Waals surface area contributed by atoms with E-state index < -0.39 is 6.10 Å². The summed E-state index contributed by atoms with van der Waals surface area (Å²) in [6.07, 6.45) is 4.85. The van der Waals surface area contributed by atoms with E-state index in [0.717, 1.165) is 48.8 Å². The van der Waals surface area contributed by atoms with E-state index in [1.165, 1.54) is 0 Å². The molecule has 2 aromatic rings. The number of hydrogen-bond acceptors (Lipinski definition) is 5. The van der Waals surface area contributed by atoms with Crippen LogP contribution in [0.25, 0.3) is 0 Å². The Bertz CT molecular complexity index is 745. The number of imidazole rings is 1. The van der Waals surface area contributed by atoms with Crippen LogP contribution in [0.1, 0.15) is 41.6 Å². The maximum Gasteiger partial charge on any atom is 0.137 e. The molecular formula is C18H23N5O. The SMILES string of the molecule is Cc1cc(N2CCC(C(O)c3nccn3C)CC2)nc(C)c1C#N. The van der Waals surface area contributed by atoms with Crippen LogP contribution < -0.4 is 4.90 Å². The molecular weight excluding hydrogens is 302 g/mol. The van der Waals surface area contributed by atoms with Gasteiger partial charge in [-0.3, -0.25) is 0 Å². The molecule has 6 heteroatoms. The van der Waals surface area contributed by atoms with Crippen molar-refractivity contribution in [3.8, 4) is 6.07 Å². The molecule has 3 rings (SSSR count). The van der Waals surface area contributed by atoms with Crippen LogP contribution >= 0.6 is 0 Å². The fourth-order valence-corrected chi connectivity index (χ4v) is 3.46. The Morgan fingerprint density at radius 1 is 1.33 bits per heavy atom. The minimum atomic E-state index is -0.524. The van der Waals surface area contributed by atoms with E-state index in [2.05, 4.69) is 20.9 Å². The second-order valence-electron chi connectivity index (χ2n) is 6.54. The summed E-state index contributed by atoms with van der Waals surface area (Å²) >= 11 is 0. The van der Waals surface area contributed by atoms with E-state index in [0.29, 0.717) is 5.56 Å². The third-order valence-electron chi connectivity index (χ3n) is 4.93. The molecule has 0 saturated carbocycles. The molecule has 0 spiro atoms. The fourth-order valence-electron chi connectivity index (χ4n) is 3.46. The maximum absolute atomic E-state index is 10.6. The highest BCUT2D eigenvalue weighted by atomic mass is 16.3. The summed E-state index contributed by atoms with van der Waals surface area (Å²) in [6.45, 7) is 5.54. The average Bonchev–Trinajstić information content (AvgIpc) is 3.00. The van der Waals surface area contributed by atoms with Crippen LogP contribution in [0.4, 0.5) is 5.82 Å². The van der Waals surface area contributed by atoms with Crippen LogP contribution in [0.15, 0.2) is 18.5 Å². The number of pyridine rings is 1. The van der Waals surface area contributed by atoms with Gasteiger partial charge in [0.05, 0.1) is 11.3 Å². The summed E-state index contributed by atoms with van der Waals surface area (Å²) in [4.78, 5) is 11.1. The number of aliphatic hydroxyl groups is 1. The number of nitrogens with zero attached hydrogens (tertiary/aromatic N) is 5. The maximum atomic E-state index is 10.6. The van der Waals surface area contributed by atoms with Crippen molar-refractivity contribution in [1.82, 2.24) is 14.5 Å². The van der Waals surface area contributed by atoms with Crippen LogP contribution in [0, 0.1) is 31.1 Å². The molecule has 0 aliphatic carbocycles. The quantitative estimate of drug-likeness (QED) is 0.936. The Morgan fingerprint density at radius 3 is 2.58 bits per heavy atom. The van der Waals surface area contributed by atoms with Crippen LogP contribution in [0.2, 0.25) is 0 Å². The summed E-state index contributed by atoms with van der Waals surface area (Å²) in [5, 5.41) is 19.7. The van der Waals surface area contributed by atoms with Crippen LogP contribution in [0.3, 0.4) is 0 Å². The van der Waals surface area contributed by atoms with Crippen molar-refractivity contribution in [1.29, 1.82) is 5.26 Å². The number of aromatic nitrogens is 3. The van der Waals surface area contributed by atoms with Crippen molar-refractivity contribution in [3.05, 3.63) is 41.1 Å². The predicted octanol–water partition coefficient (Wildman–Crippen LogP) is 2.25. The van der Waals surface area contributed by atoms with Gasteiger partial charge in [-0.2, -0.15) is 5.26 Å². The van der Waals surface area contributed by atoms with Crippen molar-refractivity contribution >= 4 is 5.82 Å². The van der Waals surface area contributed by atoms with Crippen molar-refractivity contribution < 1.29 is 5.11 Å². The number of aryl methyl sites for hydroxylation is 3. The molecule has 1 atom stereocenters. The first-order chi connectivity index (χ1) is 11.5. The third-order valence-corrected chi connectivity index (χ3v) is 4.93. The minimum Gasteiger partial charge on any atom is -0.385 e. The first-order valence-electron chi connectivity index (χ1n) is 8.30. The molecule has 0 amide bonds. The highest BCUT2D eigenvalue weighted by molar-refractivity contribution is 5.50. The molecule has 1 aliphatic heterocycles. The van der Waals surface area contributed by atoms with Gasteiger partial charge in [-0.25, -0.2) is 9.97 Å². The van der Waals surface area contributed by atoms with Crippen molar-refractivity contribution in [2.75, 3.05) is 18.0 Å². The fraction of sp³-hybridized carbons (Fsp3) is 0.500. The molecule has 1 fully saturated rings. The van der Waals surface area contributed by atoms with Crippen molar-refractivity contribution in [3.63, 3.8) is 0 Å². The van der Waals surface area contributed by atoms with Gasteiger partial charge in [0, 0.05) is 32.5 Å². The zero-order chi connectivity index (χ0) is 17.3. The molecule has 1 N–H and O–H groups in total. The first-order valence-corrected chi connectivity index (χ1v) is 8.30. The Morgan fingerprint density at radius 2 is 2.04 bits per heavy atom. The van der Waals surface area contributed by atoms with Gasteiger partial charge in [0.2, 0.25) is 0 Å². The number of nitriles is 1. The second-order valence-corrected chi connectivity index (χ2v) is 6.54. The second kappa shape index (κ2) is 6.62. The summed E-state index contributed by atoms with van der Waals surface area (Å²) in [5.41, 5.74) is 2.41. The Balaban J connectivity index is 1.70. The summed E-state index contributed by atoms with van der Waals surface area (Å²) < 4.78 is 1.88. The Labute approximate surface area is 142 Å². The molecule has 0 bridgehead atoms. The normalized spacial score (nSPS) is 16.9. The molecule has 1 unspecified atom stereocenters. The van der Waals surface area contributed by atoms with E-state index >= 15 is 0 Å². The highest BCUT2D eigenvalue weighted by Gasteiger charge is 2.29. The summed E-state index contributed by atoms with van der Waals surface area (Å²) in [5.74, 6) is 1.87. The standard InChI is InChI=1S/C18H23N5O/c1-12-10-16(21-13(2)15(12)11-19)23-7-4-14(5-8-23)17(24)18-20-6-9-22(18)3/h6,9-10,14,17,24H,4-5,7-8H2,1-3H3. The summed E-state index contributed by atoms with van der Waals surface area (Å²) in [7, 11) is 1.91. The number of aliphatic hydroxyl groups excluding tert-OH is 1. The Kier molecular flexibility index (Phi) is 4.54. The molecule has 3 heterocycles. The Hall–Kier alpha value is -2.39. The lowest BCUT2D eigenvalue weighted by atomic mass is 9.90. The molecule has 2 aromatic heterocycles. The van der Waals surface area contributed by atoms with Gasteiger partial charge in [0.25, 0.3) is 0 Å². The van der Waals surface area contributed by atoms with E-state index in [1.54, 1.807) is 6.20 Å². The molecule has 6 nitrogen and oxygen atoms in total. The smallest absolute Gasteiger partial charge is 0.137 e. The van der Waals surface area contributed by atoms with Gasteiger partial charge in [-0.15, -0.1) is 0 Å². The number of hydrogen-bond donors (Lipinski definition) is 1. The van der Waals surface area contributed by atoms with Crippen LogP contribution in [-0.4, -0.2) is 32.7 Å². The van der Waals surface area contributed by atoms with Gasteiger partial charge in [0.15, 0.2) is 0 Å². The van der Waals surface area contributed by atoms with E-state index in [-0.39, 0.29) is 5.92 Å². The lowest BCUT2D eigenvalue weighted by Crippen LogP contribution is -2.36. The van der Waals surface area contributed by atoms with Gasteiger partial charge >= 0.3 is 0 Å². The van der Waals surface area contributed by atoms with Crippen molar-refractivity contribution in [2.24, 2.45) is 13.0 Å². The minimum absolute atomic E-state index is 0.211. The summed E-state index contributed by atoms with van der Waals surface area (Å²) in [6, 6.07) is 4.20. The predicted molar refractivity (Wildman–Crippen MR) is 91.5 cm³/mol. The van der Waals surface area contributed by atoms with Crippen LogP contribution in [0.5, 0.6) is 0 Å². The van der Waals surface area contributed by atoms with E-state index in [9.17, 15) is 5.11 Å². The van der Waals surface area contributed by atoms with Crippen LogP contribution in [-0.2, 0) is 7.05 Å². The zero-order valence-corrected chi connectivity index (χ0v) is 14.4. The van der Waals surface area contributed by atoms with Gasteiger partial charge in [-0.1, -0.05) is 0 Å². The van der Waals surface area contributed by atoms with E-state index in [1.807, 2.05) is 37.7 Å². The lowest BCUT2D eigenvalue weighted by Gasteiger charge is -2.35. The number of rotatable bonds is 3. The van der Waals surface area contributed by atoms with Gasteiger partial charge in [0.1, 0.15) is 23.8 Å². The number of anilines is 1. The molecule has 1 aliphatic rings. The number of piperidine rings is 1. The van der Waals surface area contributed by atoms with Crippen molar-refractivity contribution in [2.45, 2.75) is 32.8 Å². The topological polar surface area (TPSA) is 78.0 Å². The molecule has 24 heavy (non-hydrogen) atoms. The molecule has 126 valence electrons. The molecule has 1 saturated heterocycles. The monoisotopic (exact) mass is 325 g/mol. The lowest BCUT2D eigenvalue weighted by molar-refractivity contribution is 0.0824. The van der Waals surface area contributed by atoms with Gasteiger partial charge in [-0.05, 0) is 44.2 Å². The third kappa shape index (κ3) is 3.00. The molecule has 0 aromatic carbocycles. The highest BCUT2D eigenvalue weighted by Crippen LogP contribution is 2.31. The molecule has 0 radical (unpaired) electrons. The average molecular weight is 325 g/mol. The largest absolute Gasteiger partial charge is 0.385 e. The van der Waals surface area contributed by atoms with Gasteiger partial charge < -0.3 is 14.6 Å². The first kappa shape index (κ1) is 16.5.